The van der Waals surface area contributed by atoms with Gasteiger partial charge >= 0.3 is 0 Å². The molecule has 1 aromatic heterocycles. The van der Waals surface area contributed by atoms with Crippen molar-refractivity contribution in [1.29, 1.82) is 0 Å². The smallest absolute Gasteiger partial charge is 0.257 e. The van der Waals surface area contributed by atoms with Crippen LogP contribution in [-0.4, -0.2) is 28.0 Å². The van der Waals surface area contributed by atoms with Crippen LogP contribution in [0.4, 0.5) is 5.95 Å². The van der Waals surface area contributed by atoms with Gasteiger partial charge < -0.3 is 10.5 Å². The van der Waals surface area contributed by atoms with E-state index in [1.807, 2.05) is 19.1 Å². The van der Waals surface area contributed by atoms with E-state index in [4.69, 9.17) is 10.5 Å². The summed E-state index contributed by atoms with van der Waals surface area (Å²) in [7, 11) is 0. The van der Waals surface area contributed by atoms with E-state index in [1.54, 1.807) is 0 Å². The summed E-state index contributed by atoms with van der Waals surface area (Å²) < 4.78 is 5.45. The fourth-order valence-corrected chi connectivity index (χ4v) is 2.75. The summed E-state index contributed by atoms with van der Waals surface area (Å²) in [5.41, 5.74) is 8.21. The largest absolute Gasteiger partial charge is 0.494 e. The quantitative estimate of drug-likeness (QED) is 0.889. The molecule has 2 heterocycles. The number of nitrogens with zero attached hydrogens (tertiary/aromatic N) is 2. The lowest BCUT2D eigenvalue weighted by molar-refractivity contribution is 0.241. The zero-order valence-electron chi connectivity index (χ0n) is 12.6. The van der Waals surface area contributed by atoms with Crippen LogP contribution in [0.5, 0.6) is 5.75 Å². The summed E-state index contributed by atoms with van der Waals surface area (Å²) in [5.74, 6) is 1.08. The van der Waals surface area contributed by atoms with Crippen LogP contribution in [0.2, 0.25) is 0 Å². The van der Waals surface area contributed by atoms with E-state index in [0.717, 1.165) is 36.5 Å². The molecule has 0 bridgehead atoms. The number of hydrogen-bond acceptors (Lipinski definition) is 5. The lowest BCUT2D eigenvalue weighted by atomic mass is 10.1. The van der Waals surface area contributed by atoms with Gasteiger partial charge in [0.2, 0.25) is 5.95 Å². The molecule has 0 saturated carbocycles. The molecule has 0 aliphatic carbocycles. The van der Waals surface area contributed by atoms with Gasteiger partial charge in [0.15, 0.2) is 0 Å². The molecule has 1 aliphatic heterocycles. The van der Waals surface area contributed by atoms with E-state index in [9.17, 15) is 4.79 Å². The van der Waals surface area contributed by atoms with Crippen molar-refractivity contribution >= 4 is 5.95 Å². The Morgan fingerprint density at radius 2 is 2.14 bits per heavy atom. The van der Waals surface area contributed by atoms with Crippen LogP contribution in [-0.2, 0) is 19.5 Å². The zero-order valence-corrected chi connectivity index (χ0v) is 12.6. The Kier molecular flexibility index (Phi) is 4.11. The molecule has 0 atom stereocenters. The number of fused-ring (bicyclic) bond motifs is 1. The van der Waals surface area contributed by atoms with Crippen molar-refractivity contribution in [3.05, 3.63) is 51.4 Å². The average molecular weight is 300 g/mol. The first-order chi connectivity index (χ1) is 10.7. The molecular weight excluding hydrogens is 280 g/mol. The highest BCUT2D eigenvalue weighted by atomic mass is 16.5. The normalized spacial score (nSPS) is 14.6. The van der Waals surface area contributed by atoms with Gasteiger partial charge in [-0.2, -0.15) is 0 Å². The molecule has 6 heteroatoms. The Balaban J connectivity index is 1.71. The van der Waals surface area contributed by atoms with E-state index in [-0.39, 0.29) is 11.5 Å². The van der Waals surface area contributed by atoms with E-state index in [0.29, 0.717) is 13.2 Å². The second-order valence-corrected chi connectivity index (χ2v) is 5.41. The second-order valence-electron chi connectivity index (χ2n) is 5.41. The molecule has 2 aromatic rings. The average Bonchev–Trinajstić information content (AvgIpc) is 2.50. The number of nitrogens with one attached hydrogen (secondary N) is 1. The Morgan fingerprint density at radius 1 is 1.36 bits per heavy atom. The van der Waals surface area contributed by atoms with Crippen molar-refractivity contribution in [3.8, 4) is 5.75 Å². The Labute approximate surface area is 128 Å². The molecule has 0 saturated heterocycles. The molecule has 3 N–H and O–H groups in total. The monoisotopic (exact) mass is 300 g/mol. The van der Waals surface area contributed by atoms with Crippen molar-refractivity contribution in [2.75, 3.05) is 18.9 Å². The molecule has 22 heavy (non-hydrogen) atoms. The summed E-state index contributed by atoms with van der Waals surface area (Å²) in [6.45, 7) is 4.91. The molecule has 0 amide bonds. The van der Waals surface area contributed by atoms with E-state index < -0.39 is 0 Å². The summed E-state index contributed by atoms with van der Waals surface area (Å²) in [4.78, 5) is 21.0. The van der Waals surface area contributed by atoms with Crippen LogP contribution in [0.1, 0.15) is 23.7 Å². The van der Waals surface area contributed by atoms with Crippen LogP contribution < -0.4 is 16.0 Å². The first-order valence-corrected chi connectivity index (χ1v) is 7.47. The predicted molar refractivity (Wildman–Crippen MR) is 84.7 cm³/mol. The summed E-state index contributed by atoms with van der Waals surface area (Å²) in [6.07, 6.45) is 0.750. The van der Waals surface area contributed by atoms with Crippen LogP contribution in [0.25, 0.3) is 0 Å². The van der Waals surface area contributed by atoms with Crippen molar-refractivity contribution in [3.63, 3.8) is 0 Å². The maximum atomic E-state index is 12.0. The van der Waals surface area contributed by atoms with Crippen LogP contribution >= 0.6 is 0 Å². The highest BCUT2D eigenvalue weighted by molar-refractivity contribution is 5.29. The number of rotatable bonds is 4. The van der Waals surface area contributed by atoms with Gasteiger partial charge in [0.1, 0.15) is 5.75 Å². The fourth-order valence-electron chi connectivity index (χ4n) is 2.75. The van der Waals surface area contributed by atoms with Crippen LogP contribution in [0, 0.1) is 0 Å². The topological polar surface area (TPSA) is 84.2 Å². The third-order valence-corrected chi connectivity index (χ3v) is 3.81. The molecule has 6 nitrogen and oxygen atoms in total. The van der Waals surface area contributed by atoms with Crippen molar-refractivity contribution < 1.29 is 4.74 Å². The number of benzene rings is 1. The summed E-state index contributed by atoms with van der Waals surface area (Å²) >= 11 is 0. The summed E-state index contributed by atoms with van der Waals surface area (Å²) in [5, 5.41) is 0. The van der Waals surface area contributed by atoms with Gasteiger partial charge in [-0.05, 0) is 24.6 Å². The third kappa shape index (κ3) is 3.12. The maximum absolute atomic E-state index is 12.0. The van der Waals surface area contributed by atoms with Crippen molar-refractivity contribution in [1.82, 2.24) is 14.9 Å². The lowest BCUT2D eigenvalue weighted by Crippen LogP contribution is -2.35. The van der Waals surface area contributed by atoms with Gasteiger partial charge in [-0.25, -0.2) is 4.98 Å². The van der Waals surface area contributed by atoms with E-state index >= 15 is 0 Å². The van der Waals surface area contributed by atoms with Gasteiger partial charge in [0.05, 0.1) is 17.9 Å². The Hall–Kier alpha value is -2.34. The number of aromatic amines is 1. The number of anilines is 1. The minimum absolute atomic E-state index is 0.126. The molecule has 0 spiro atoms. The lowest BCUT2D eigenvalue weighted by Gasteiger charge is -2.27. The standard InChI is InChI=1S/C16H20N4O2/c1-2-22-12-5-3-11(4-6-12)9-20-8-7-14-13(10-20)15(21)19-16(17)18-14/h3-6H,2,7-10H2,1H3,(H3,17,18,19,21). The molecular formula is C16H20N4O2. The second kappa shape index (κ2) is 6.19. The van der Waals surface area contributed by atoms with Gasteiger partial charge in [-0.15, -0.1) is 0 Å². The van der Waals surface area contributed by atoms with Gasteiger partial charge in [-0.3, -0.25) is 14.7 Å². The molecule has 1 aliphatic rings. The highest BCUT2D eigenvalue weighted by Gasteiger charge is 2.20. The Morgan fingerprint density at radius 3 is 2.86 bits per heavy atom. The van der Waals surface area contributed by atoms with Crippen molar-refractivity contribution in [2.45, 2.75) is 26.4 Å². The molecule has 0 radical (unpaired) electrons. The molecule has 1 aromatic carbocycles. The number of aromatic nitrogens is 2. The third-order valence-electron chi connectivity index (χ3n) is 3.81. The SMILES string of the molecule is CCOc1ccc(CN2CCc3nc(N)[nH]c(=O)c3C2)cc1. The van der Waals surface area contributed by atoms with Gasteiger partial charge in [0.25, 0.3) is 5.56 Å². The first-order valence-electron chi connectivity index (χ1n) is 7.47. The van der Waals surface area contributed by atoms with Crippen LogP contribution in [0.3, 0.4) is 0 Å². The van der Waals surface area contributed by atoms with Crippen LogP contribution in [0.15, 0.2) is 29.1 Å². The predicted octanol–water partition coefficient (Wildman–Crippen LogP) is 1.31. The minimum Gasteiger partial charge on any atom is -0.494 e. The molecule has 0 unspecified atom stereocenters. The summed E-state index contributed by atoms with van der Waals surface area (Å²) in [6, 6.07) is 8.08. The van der Waals surface area contributed by atoms with Crippen molar-refractivity contribution in [2.24, 2.45) is 0 Å². The number of hydrogen-bond donors (Lipinski definition) is 2. The number of ether oxygens (including phenoxy) is 1. The highest BCUT2D eigenvalue weighted by Crippen LogP contribution is 2.18. The zero-order chi connectivity index (χ0) is 15.5. The number of nitrogen functional groups attached to an aromatic ring is 1. The first kappa shape index (κ1) is 14.6. The number of nitrogens with two attached hydrogens (primary N) is 1. The molecule has 3 rings (SSSR count). The fraction of sp³-hybridized carbons (Fsp3) is 0.375. The van der Waals surface area contributed by atoms with Gasteiger partial charge in [-0.1, -0.05) is 12.1 Å². The Bertz CT molecular complexity index is 709. The van der Waals surface area contributed by atoms with E-state index in [1.165, 1.54) is 5.56 Å². The molecule has 116 valence electrons. The maximum Gasteiger partial charge on any atom is 0.257 e. The molecule has 0 fully saturated rings. The van der Waals surface area contributed by atoms with Gasteiger partial charge in [0, 0.05) is 26.1 Å². The number of H-pyrrole nitrogens is 1. The minimum atomic E-state index is -0.126. The van der Waals surface area contributed by atoms with E-state index in [2.05, 4.69) is 27.0 Å².